The third-order valence-electron chi connectivity index (χ3n) is 6.79. The van der Waals surface area contributed by atoms with Gasteiger partial charge in [-0.2, -0.15) is 5.10 Å². The molecule has 3 heterocycles. The second-order valence-corrected chi connectivity index (χ2v) is 9.50. The summed E-state index contributed by atoms with van der Waals surface area (Å²) in [7, 11) is 0. The highest BCUT2D eigenvalue weighted by molar-refractivity contribution is 5.93. The molecule has 1 amide bonds. The fourth-order valence-corrected chi connectivity index (χ4v) is 4.28. The lowest BCUT2D eigenvalue weighted by molar-refractivity contribution is -0.119. The Morgan fingerprint density at radius 3 is 2.35 bits per heavy atom. The van der Waals surface area contributed by atoms with Gasteiger partial charge >= 0.3 is 0 Å². The first-order valence-corrected chi connectivity index (χ1v) is 12.1. The van der Waals surface area contributed by atoms with Crippen LogP contribution in [0, 0.1) is 5.92 Å². The van der Waals surface area contributed by atoms with Gasteiger partial charge in [0.15, 0.2) is 5.82 Å². The van der Waals surface area contributed by atoms with Gasteiger partial charge in [-0.25, -0.2) is 4.68 Å². The van der Waals surface area contributed by atoms with Crippen LogP contribution in [0.25, 0.3) is 11.3 Å². The van der Waals surface area contributed by atoms with Gasteiger partial charge in [0, 0.05) is 36.3 Å². The van der Waals surface area contributed by atoms with Crippen molar-refractivity contribution in [3.63, 3.8) is 0 Å². The molecule has 176 valence electrons. The van der Waals surface area contributed by atoms with Crippen LogP contribution < -0.4 is 15.8 Å². The summed E-state index contributed by atoms with van der Waals surface area (Å²) >= 11 is 0. The molecule has 0 radical (unpaired) electrons. The van der Waals surface area contributed by atoms with Gasteiger partial charge in [0.2, 0.25) is 5.91 Å². The topological polar surface area (TPSA) is 93.0 Å². The number of hydrogen-bond donors (Lipinski definition) is 1. The lowest BCUT2D eigenvalue weighted by Crippen LogP contribution is -2.33. The summed E-state index contributed by atoms with van der Waals surface area (Å²) in [6.07, 6.45) is 4.54. The van der Waals surface area contributed by atoms with Crippen LogP contribution in [0.4, 0.5) is 11.5 Å². The van der Waals surface area contributed by atoms with Crippen LogP contribution in [0.2, 0.25) is 0 Å². The molecule has 1 atom stereocenters. The molecule has 1 N–H and O–H groups in total. The largest absolute Gasteiger partial charge is 0.355 e. The average Bonchev–Trinajstić information content (AvgIpc) is 3.71. The zero-order valence-electron chi connectivity index (χ0n) is 19.6. The minimum absolute atomic E-state index is 0.275. The molecule has 0 spiro atoms. The second kappa shape index (κ2) is 9.37. The standard InChI is InChI=1S/C26H30N6O2/c1-17-13-15-31(16-14-17)24-11-9-22(28-29-24)19-5-7-21(8-6-19)27-26(34)18(2)32-25(33)12-10-23(30-32)20-3-4-20/h5-12,17-18,20H,3-4,13-16H2,1-2H3,(H,27,34). The quantitative estimate of drug-likeness (QED) is 0.600. The number of nitrogens with one attached hydrogen (secondary N) is 1. The van der Waals surface area contributed by atoms with Gasteiger partial charge in [0.25, 0.3) is 5.56 Å². The molecular formula is C26H30N6O2. The number of carbonyl (C=O) groups is 1. The minimum Gasteiger partial charge on any atom is -0.355 e. The number of amides is 1. The Bertz CT molecular complexity index is 1210. The normalized spacial score (nSPS) is 17.4. The van der Waals surface area contributed by atoms with Crippen molar-refractivity contribution in [1.29, 1.82) is 0 Å². The maximum atomic E-state index is 12.8. The van der Waals surface area contributed by atoms with E-state index in [0.29, 0.717) is 11.6 Å². The van der Waals surface area contributed by atoms with Crippen molar-refractivity contribution < 1.29 is 4.79 Å². The van der Waals surface area contributed by atoms with Crippen molar-refractivity contribution in [2.24, 2.45) is 5.92 Å². The van der Waals surface area contributed by atoms with Gasteiger partial charge < -0.3 is 10.2 Å². The first kappa shape index (κ1) is 22.3. The van der Waals surface area contributed by atoms with Crippen molar-refractivity contribution in [3.05, 3.63) is 64.6 Å². The monoisotopic (exact) mass is 458 g/mol. The molecule has 0 bridgehead atoms. The number of carbonyl (C=O) groups excluding carboxylic acids is 1. The van der Waals surface area contributed by atoms with E-state index >= 15 is 0 Å². The zero-order valence-corrected chi connectivity index (χ0v) is 19.6. The SMILES string of the molecule is CC1CCN(c2ccc(-c3ccc(NC(=O)C(C)n4nc(C5CC5)ccc4=O)cc3)nn2)CC1. The number of piperidine rings is 1. The Hall–Kier alpha value is -3.55. The summed E-state index contributed by atoms with van der Waals surface area (Å²) in [5.74, 6) is 1.82. The van der Waals surface area contributed by atoms with E-state index in [0.717, 1.165) is 54.6 Å². The molecular weight excluding hydrogens is 428 g/mol. The predicted molar refractivity (Wildman–Crippen MR) is 132 cm³/mol. The molecule has 1 saturated carbocycles. The number of benzene rings is 1. The molecule has 8 heteroatoms. The van der Waals surface area contributed by atoms with Crippen molar-refractivity contribution in [2.75, 3.05) is 23.3 Å². The van der Waals surface area contributed by atoms with Gasteiger partial charge in [0.1, 0.15) is 6.04 Å². The molecule has 1 aliphatic carbocycles. The van der Waals surface area contributed by atoms with Crippen LogP contribution >= 0.6 is 0 Å². The van der Waals surface area contributed by atoms with Gasteiger partial charge in [-0.05, 0) is 68.9 Å². The molecule has 8 nitrogen and oxygen atoms in total. The summed E-state index contributed by atoms with van der Waals surface area (Å²) in [4.78, 5) is 27.3. The highest BCUT2D eigenvalue weighted by Crippen LogP contribution is 2.38. The van der Waals surface area contributed by atoms with E-state index in [9.17, 15) is 9.59 Å². The van der Waals surface area contributed by atoms with E-state index in [2.05, 4.69) is 32.4 Å². The summed E-state index contributed by atoms with van der Waals surface area (Å²) in [5.41, 5.74) is 2.97. The molecule has 1 aliphatic heterocycles. The smallest absolute Gasteiger partial charge is 0.267 e. The summed E-state index contributed by atoms with van der Waals surface area (Å²) < 4.78 is 1.28. The first-order valence-electron chi connectivity index (χ1n) is 12.1. The summed E-state index contributed by atoms with van der Waals surface area (Å²) in [6, 6.07) is 14.0. The fraction of sp³-hybridized carbons (Fsp3) is 0.423. The van der Waals surface area contributed by atoms with Crippen LogP contribution in [0.3, 0.4) is 0 Å². The van der Waals surface area contributed by atoms with Crippen LogP contribution in [-0.2, 0) is 4.79 Å². The number of aromatic nitrogens is 4. The van der Waals surface area contributed by atoms with Crippen LogP contribution in [0.1, 0.15) is 57.2 Å². The fourth-order valence-electron chi connectivity index (χ4n) is 4.28. The van der Waals surface area contributed by atoms with Crippen LogP contribution in [-0.4, -0.2) is 39.0 Å². The Kier molecular flexibility index (Phi) is 6.13. The van der Waals surface area contributed by atoms with E-state index in [1.54, 1.807) is 13.0 Å². The lowest BCUT2D eigenvalue weighted by atomic mass is 9.99. The Balaban J connectivity index is 1.23. The molecule has 2 aromatic heterocycles. The summed E-state index contributed by atoms with van der Waals surface area (Å²) in [5, 5.41) is 16.1. The molecule has 2 fully saturated rings. The first-order chi connectivity index (χ1) is 16.5. The number of rotatable bonds is 6. The minimum atomic E-state index is -0.706. The summed E-state index contributed by atoms with van der Waals surface area (Å²) in [6.45, 7) is 6.03. The molecule has 3 aromatic rings. The van der Waals surface area contributed by atoms with Crippen molar-refractivity contribution in [3.8, 4) is 11.3 Å². The Morgan fingerprint density at radius 1 is 0.971 bits per heavy atom. The molecule has 1 unspecified atom stereocenters. The maximum absolute atomic E-state index is 12.8. The number of hydrogen-bond acceptors (Lipinski definition) is 6. The van der Waals surface area contributed by atoms with E-state index in [1.165, 1.54) is 23.6 Å². The molecule has 5 rings (SSSR count). The highest BCUT2D eigenvalue weighted by Gasteiger charge is 2.27. The average molecular weight is 459 g/mol. The van der Waals surface area contributed by atoms with E-state index in [-0.39, 0.29) is 11.5 Å². The Labute approximate surface area is 199 Å². The second-order valence-electron chi connectivity index (χ2n) is 9.50. The molecule has 1 saturated heterocycles. The molecule has 2 aliphatic rings. The lowest BCUT2D eigenvalue weighted by Gasteiger charge is -2.30. The van der Waals surface area contributed by atoms with E-state index in [4.69, 9.17) is 0 Å². The third-order valence-corrected chi connectivity index (χ3v) is 6.79. The van der Waals surface area contributed by atoms with E-state index in [1.807, 2.05) is 36.4 Å². The van der Waals surface area contributed by atoms with Crippen molar-refractivity contribution in [1.82, 2.24) is 20.0 Å². The molecule has 1 aromatic carbocycles. The van der Waals surface area contributed by atoms with Gasteiger partial charge in [0.05, 0.1) is 11.4 Å². The molecule has 34 heavy (non-hydrogen) atoms. The maximum Gasteiger partial charge on any atom is 0.267 e. The third kappa shape index (κ3) is 4.85. The number of anilines is 2. The zero-order chi connectivity index (χ0) is 23.7. The van der Waals surface area contributed by atoms with Gasteiger partial charge in [-0.15, -0.1) is 10.2 Å². The van der Waals surface area contributed by atoms with Gasteiger partial charge in [-0.1, -0.05) is 19.1 Å². The Morgan fingerprint density at radius 2 is 1.71 bits per heavy atom. The predicted octanol–water partition coefficient (Wildman–Crippen LogP) is 4.01. The number of nitrogens with zero attached hydrogens (tertiary/aromatic N) is 5. The van der Waals surface area contributed by atoms with Crippen LogP contribution in [0.5, 0.6) is 0 Å². The van der Waals surface area contributed by atoms with Crippen molar-refractivity contribution in [2.45, 2.75) is 51.5 Å². The van der Waals surface area contributed by atoms with E-state index < -0.39 is 6.04 Å². The van der Waals surface area contributed by atoms with Crippen molar-refractivity contribution >= 4 is 17.4 Å². The van der Waals surface area contributed by atoms with Gasteiger partial charge in [-0.3, -0.25) is 9.59 Å². The van der Waals surface area contributed by atoms with Crippen LogP contribution in [0.15, 0.2) is 53.3 Å². The highest BCUT2D eigenvalue weighted by atomic mass is 16.2.